The molecule has 0 saturated carbocycles. The first kappa shape index (κ1) is 14.3. The zero-order valence-corrected chi connectivity index (χ0v) is 10.8. The molecule has 0 spiro atoms. The Morgan fingerprint density at radius 1 is 0.800 bits per heavy atom. The Kier molecular flexibility index (Phi) is 5.77. The van der Waals surface area contributed by atoms with Crippen LogP contribution in [-0.2, 0) is 9.59 Å². The molecular formula is C13H24O2. The molecule has 0 bridgehead atoms. The van der Waals surface area contributed by atoms with Crippen molar-refractivity contribution in [1.82, 2.24) is 0 Å². The summed E-state index contributed by atoms with van der Waals surface area (Å²) in [7, 11) is 0. The van der Waals surface area contributed by atoms with Gasteiger partial charge in [-0.25, -0.2) is 0 Å². The van der Waals surface area contributed by atoms with Crippen LogP contribution in [0.15, 0.2) is 0 Å². The molecule has 0 aliphatic carbocycles. The smallest absolute Gasteiger partial charge is 0.143 e. The lowest BCUT2D eigenvalue weighted by Crippen LogP contribution is -2.28. The fraction of sp³-hybridized carbons (Fsp3) is 0.846. The number of carbonyl (C=O) groups is 2. The number of rotatable bonds is 6. The second kappa shape index (κ2) is 6.04. The van der Waals surface area contributed by atoms with Crippen LogP contribution in [0.2, 0.25) is 0 Å². The maximum atomic E-state index is 11.9. The molecule has 0 N–H and O–H groups in total. The summed E-state index contributed by atoms with van der Waals surface area (Å²) in [6, 6.07) is 0. The lowest BCUT2D eigenvalue weighted by molar-refractivity contribution is -0.132. The number of hydrogen-bond donors (Lipinski definition) is 0. The third kappa shape index (κ3) is 4.59. The Labute approximate surface area is 93.4 Å². The summed E-state index contributed by atoms with van der Waals surface area (Å²) in [6.45, 7) is 11.9. The minimum atomic E-state index is -0.0334. The lowest BCUT2D eigenvalue weighted by atomic mass is 9.80. The molecule has 0 aromatic heterocycles. The highest BCUT2D eigenvalue weighted by atomic mass is 16.1. The number of carbonyl (C=O) groups excluding carboxylic acids is 2. The normalized spacial score (nSPS) is 11.9. The van der Waals surface area contributed by atoms with Crippen molar-refractivity contribution in [3.05, 3.63) is 0 Å². The average Bonchev–Trinajstić information content (AvgIpc) is 2.01. The van der Waals surface area contributed by atoms with Gasteiger partial charge in [-0.2, -0.15) is 0 Å². The standard InChI is InChI=1S/C13H24O2/c1-8(2)11(14)7-12(15)13(9(3)4)10(5)6/h8-10,13H,7H2,1-6H3. The van der Waals surface area contributed by atoms with E-state index in [2.05, 4.69) is 0 Å². The van der Waals surface area contributed by atoms with E-state index in [0.717, 1.165) is 0 Å². The van der Waals surface area contributed by atoms with Gasteiger partial charge in [0.15, 0.2) is 0 Å². The van der Waals surface area contributed by atoms with Crippen LogP contribution in [0, 0.1) is 23.7 Å². The average molecular weight is 212 g/mol. The Morgan fingerprint density at radius 3 is 1.47 bits per heavy atom. The molecule has 0 unspecified atom stereocenters. The van der Waals surface area contributed by atoms with Gasteiger partial charge < -0.3 is 0 Å². The zero-order chi connectivity index (χ0) is 12.2. The van der Waals surface area contributed by atoms with Crippen molar-refractivity contribution in [2.45, 2.75) is 48.0 Å². The van der Waals surface area contributed by atoms with Gasteiger partial charge in [0.1, 0.15) is 11.6 Å². The van der Waals surface area contributed by atoms with Gasteiger partial charge in [-0.1, -0.05) is 41.5 Å². The van der Waals surface area contributed by atoms with Crippen LogP contribution in [0.4, 0.5) is 0 Å². The van der Waals surface area contributed by atoms with Gasteiger partial charge >= 0.3 is 0 Å². The maximum absolute atomic E-state index is 11.9. The van der Waals surface area contributed by atoms with Gasteiger partial charge in [0.05, 0.1) is 6.42 Å². The van der Waals surface area contributed by atoms with E-state index in [0.29, 0.717) is 11.8 Å². The van der Waals surface area contributed by atoms with Crippen LogP contribution in [0.25, 0.3) is 0 Å². The Bertz CT molecular complexity index is 219. The first-order chi connectivity index (χ1) is 6.77. The second-order valence-corrected chi connectivity index (χ2v) is 5.28. The minimum Gasteiger partial charge on any atom is -0.299 e. The van der Waals surface area contributed by atoms with Crippen LogP contribution >= 0.6 is 0 Å². The van der Waals surface area contributed by atoms with E-state index < -0.39 is 0 Å². The highest BCUT2D eigenvalue weighted by Gasteiger charge is 2.27. The fourth-order valence-electron chi connectivity index (χ4n) is 2.01. The van der Waals surface area contributed by atoms with E-state index in [9.17, 15) is 9.59 Å². The van der Waals surface area contributed by atoms with Crippen LogP contribution in [0.3, 0.4) is 0 Å². The van der Waals surface area contributed by atoms with Crippen molar-refractivity contribution in [2.75, 3.05) is 0 Å². The first-order valence-corrected chi connectivity index (χ1v) is 5.82. The lowest BCUT2D eigenvalue weighted by Gasteiger charge is -2.23. The Morgan fingerprint density at radius 2 is 1.20 bits per heavy atom. The van der Waals surface area contributed by atoms with E-state index >= 15 is 0 Å². The first-order valence-electron chi connectivity index (χ1n) is 5.82. The van der Waals surface area contributed by atoms with Gasteiger partial charge in [-0.05, 0) is 11.8 Å². The van der Waals surface area contributed by atoms with Crippen molar-refractivity contribution in [1.29, 1.82) is 0 Å². The monoisotopic (exact) mass is 212 g/mol. The second-order valence-electron chi connectivity index (χ2n) is 5.28. The third-order valence-corrected chi connectivity index (χ3v) is 2.80. The quantitative estimate of drug-likeness (QED) is 0.634. The minimum absolute atomic E-state index is 0.0210. The molecule has 0 heterocycles. The van der Waals surface area contributed by atoms with Crippen molar-refractivity contribution in [2.24, 2.45) is 23.7 Å². The SMILES string of the molecule is CC(C)C(=O)CC(=O)C(C(C)C)C(C)C. The number of ketones is 2. The molecule has 0 amide bonds. The topological polar surface area (TPSA) is 34.1 Å². The molecule has 0 rings (SSSR count). The van der Waals surface area contributed by atoms with E-state index in [1.54, 1.807) is 0 Å². The van der Waals surface area contributed by atoms with Crippen LogP contribution < -0.4 is 0 Å². The fourth-order valence-corrected chi connectivity index (χ4v) is 2.01. The van der Waals surface area contributed by atoms with Crippen molar-refractivity contribution in [3.8, 4) is 0 Å². The van der Waals surface area contributed by atoms with Crippen LogP contribution in [-0.4, -0.2) is 11.6 Å². The van der Waals surface area contributed by atoms with Gasteiger partial charge in [0.25, 0.3) is 0 Å². The third-order valence-electron chi connectivity index (χ3n) is 2.80. The van der Waals surface area contributed by atoms with Crippen LogP contribution in [0.5, 0.6) is 0 Å². The molecule has 0 saturated heterocycles. The molecule has 15 heavy (non-hydrogen) atoms. The number of hydrogen-bond acceptors (Lipinski definition) is 2. The van der Waals surface area contributed by atoms with Crippen LogP contribution in [0.1, 0.15) is 48.0 Å². The van der Waals surface area contributed by atoms with Crippen molar-refractivity contribution >= 4 is 11.6 Å². The Hall–Kier alpha value is -0.660. The molecule has 0 aromatic carbocycles. The zero-order valence-electron chi connectivity index (χ0n) is 10.8. The van der Waals surface area contributed by atoms with Gasteiger partial charge in [-0.15, -0.1) is 0 Å². The van der Waals surface area contributed by atoms with E-state index in [1.165, 1.54) is 0 Å². The summed E-state index contributed by atoms with van der Waals surface area (Å²) in [5.74, 6) is 0.793. The molecule has 0 fully saturated rings. The van der Waals surface area contributed by atoms with E-state index in [1.807, 2.05) is 41.5 Å². The largest absolute Gasteiger partial charge is 0.299 e. The summed E-state index contributed by atoms with van der Waals surface area (Å²) < 4.78 is 0. The molecule has 2 nitrogen and oxygen atoms in total. The molecule has 0 aliphatic rings. The number of Topliss-reactive ketones (excluding diaryl/α,β-unsaturated/α-hetero) is 2. The van der Waals surface area contributed by atoms with Crippen molar-refractivity contribution < 1.29 is 9.59 Å². The van der Waals surface area contributed by atoms with Gasteiger partial charge in [0.2, 0.25) is 0 Å². The molecular weight excluding hydrogens is 188 g/mol. The Balaban J connectivity index is 4.47. The summed E-state index contributed by atoms with van der Waals surface area (Å²) in [5.41, 5.74) is 0. The predicted molar refractivity (Wildman–Crippen MR) is 62.6 cm³/mol. The maximum Gasteiger partial charge on any atom is 0.143 e. The molecule has 0 radical (unpaired) electrons. The summed E-state index contributed by atoms with van der Waals surface area (Å²) >= 11 is 0. The molecule has 0 aliphatic heterocycles. The molecule has 0 atom stereocenters. The van der Waals surface area contributed by atoms with E-state index in [4.69, 9.17) is 0 Å². The summed E-state index contributed by atoms with van der Waals surface area (Å²) in [5, 5.41) is 0. The molecule has 2 heteroatoms. The van der Waals surface area contributed by atoms with Crippen molar-refractivity contribution in [3.63, 3.8) is 0 Å². The van der Waals surface area contributed by atoms with Gasteiger partial charge in [0, 0.05) is 11.8 Å². The highest BCUT2D eigenvalue weighted by Crippen LogP contribution is 2.23. The van der Waals surface area contributed by atoms with Gasteiger partial charge in [-0.3, -0.25) is 9.59 Å². The summed E-state index contributed by atoms with van der Waals surface area (Å²) in [6.07, 6.45) is 0.110. The molecule has 88 valence electrons. The summed E-state index contributed by atoms with van der Waals surface area (Å²) in [4.78, 5) is 23.4. The van der Waals surface area contributed by atoms with E-state index in [-0.39, 0.29) is 29.8 Å². The molecule has 0 aromatic rings. The highest BCUT2D eigenvalue weighted by molar-refractivity contribution is 6.00. The predicted octanol–water partition coefficient (Wildman–Crippen LogP) is 3.10.